The zero-order valence-electron chi connectivity index (χ0n) is 20.7. The van der Waals surface area contributed by atoms with Crippen molar-refractivity contribution in [3.63, 3.8) is 0 Å². The van der Waals surface area contributed by atoms with Gasteiger partial charge in [0, 0.05) is 54.3 Å². The lowest BCUT2D eigenvalue weighted by Gasteiger charge is -2.45. The second-order valence-corrected chi connectivity index (χ2v) is 9.96. The second-order valence-electron chi connectivity index (χ2n) is 9.55. The van der Waals surface area contributed by atoms with Gasteiger partial charge in [-0.15, -0.1) is 0 Å². The number of carbonyl (C=O) groups excluding carboxylic acids is 2. The number of rotatable bonds is 7. The molecule has 4 rings (SSSR count). The van der Waals surface area contributed by atoms with Crippen LogP contribution in [0.5, 0.6) is 0 Å². The van der Waals surface area contributed by atoms with Gasteiger partial charge < -0.3 is 14.6 Å². The van der Waals surface area contributed by atoms with E-state index in [1.807, 2.05) is 62.1 Å². The van der Waals surface area contributed by atoms with Crippen molar-refractivity contribution in [2.24, 2.45) is 5.92 Å². The zero-order valence-corrected chi connectivity index (χ0v) is 21.5. The third kappa shape index (κ3) is 5.79. The fourth-order valence-electron chi connectivity index (χ4n) is 4.63. The van der Waals surface area contributed by atoms with Crippen LogP contribution in [0.15, 0.2) is 65.3 Å². The van der Waals surface area contributed by atoms with Crippen LogP contribution in [0.4, 0.5) is 4.39 Å². The summed E-state index contributed by atoms with van der Waals surface area (Å²) in [5.74, 6) is -0.164. The first-order valence-corrected chi connectivity index (χ1v) is 12.5. The van der Waals surface area contributed by atoms with Gasteiger partial charge in [-0.2, -0.15) is 0 Å². The van der Waals surface area contributed by atoms with E-state index in [0.29, 0.717) is 23.7 Å². The molecule has 1 aliphatic rings. The Labute approximate surface area is 216 Å². The average molecular weight is 512 g/mol. The van der Waals surface area contributed by atoms with Gasteiger partial charge >= 0.3 is 0 Å². The minimum absolute atomic E-state index is 0.0750. The van der Waals surface area contributed by atoms with Gasteiger partial charge in [0.25, 0.3) is 0 Å². The molecule has 0 bridgehead atoms. The molecule has 36 heavy (non-hydrogen) atoms. The second kappa shape index (κ2) is 11.3. The zero-order chi connectivity index (χ0) is 25.8. The van der Waals surface area contributed by atoms with Gasteiger partial charge in [-0.05, 0) is 36.8 Å². The van der Waals surface area contributed by atoms with Crippen LogP contribution in [0.3, 0.4) is 0 Å². The summed E-state index contributed by atoms with van der Waals surface area (Å²) in [5, 5.41) is 3.34. The first-order chi connectivity index (χ1) is 17.2. The molecule has 1 aromatic heterocycles. The fourth-order valence-corrected chi connectivity index (χ4v) is 4.85. The largest absolute Gasteiger partial charge is 0.464 e. The van der Waals surface area contributed by atoms with Crippen LogP contribution < -0.4 is 5.32 Å². The minimum atomic E-state index is -0.698. The van der Waals surface area contributed by atoms with Crippen molar-refractivity contribution < 1.29 is 18.4 Å². The molecule has 0 spiro atoms. The normalized spacial score (nSPS) is 18.4. The molecule has 1 saturated heterocycles. The first-order valence-electron chi connectivity index (χ1n) is 12.1. The van der Waals surface area contributed by atoms with Crippen LogP contribution in [-0.2, 0) is 22.7 Å². The lowest BCUT2D eigenvalue weighted by molar-refractivity contribution is -0.150. The smallest absolute Gasteiger partial charge is 0.244 e. The fraction of sp³-hybridized carbons (Fsp3) is 0.357. The molecule has 2 amide bonds. The molecule has 8 heteroatoms. The van der Waals surface area contributed by atoms with E-state index in [1.54, 1.807) is 23.3 Å². The minimum Gasteiger partial charge on any atom is -0.464 e. The third-order valence-corrected chi connectivity index (χ3v) is 6.84. The van der Waals surface area contributed by atoms with Crippen molar-refractivity contribution in [2.45, 2.75) is 45.9 Å². The van der Waals surface area contributed by atoms with E-state index in [4.69, 9.17) is 16.0 Å². The first kappa shape index (κ1) is 25.9. The SMILES string of the molecule is CC(C)C(=O)N1C(C)CN(Cc2c(F)cccc2Cl)CC1C(=O)NCc1ccc(-c2ccco2)cc1. The number of nitrogens with zero attached hydrogens (tertiary/aromatic N) is 2. The number of carbonyl (C=O) groups is 2. The summed E-state index contributed by atoms with van der Waals surface area (Å²) in [5.41, 5.74) is 2.28. The highest BCUT2D eigenvalue weighted by atomic mass is 35.5. The Morgan fingerprint density at radius 1 is 1.11 bits per heavy atom. The van der Waals surface area contributed by atoms with Gasteiger partial charge in [-0.3, -0.25) is 14.5 Å². The topological polar surface area (TPSA) is 65.8 Å². The van der Waals surface area contributed by atoms with Crippen molar-refractivity contribution >= 4 is 23.4 Å². The van der Waals surface area contributed by atoms with E-state index in [1.165, 1.54) is 6.07 Å². The van der Waals surface area contributed by atoms with E-state index in [2.05, 4.69) is 5.32 Å². The molecule has 1 aliphatic heterocycles. The Bertz CT molecular complexity index is 1180. The van der Waals surface area contributed by atoms with Crippen LogP contribution in [0.25, 0.3) is 11.3 Å². The van der Waals surface area contributed by atoms with Crippen molar-refractivity contribution in [2.75, 3.05) is 13.1 Å². The van der Waals surface area contributed by atoms with E-state index in [-0.39, 0.29) is 42.7 Å². The average Bonchev–Trinajstić information content (AvgIpc) is 3.39. The molecule has 1 N–H and O–H groups in total. The molecular formula is C28H31ClFN3O3. The van der Waals surface area contributed by atoms with Crippen LogP contribution in [0, 0.1) is 11.7 Å². The number of benzene rings is 2. The Morgan fingerprint density at radius 3 is 2.50 bits per heavy atom. The monoisotopic (exact) mass is 511 g/mol. The van der Waals surface area contributed by atoms with Gasteiger partial charge in [0.1, 0.15) is 17.6 Å². The number of nitrogens with one attached hydrogen (secondary N) is 1. The van der Waals surface area contributed by atoms with Gasteiger partial charge in [0.15, 0.2) is 0 Å². The maximum absolute atomic E-state index is 14.4. The van der Waals surface area contributed by atoms with Crippen molar-refractivity contribution in [3.05, 3.63) is 82.8 Å². The molecule has 2 atom stereocenters. The van der Waals surface area contributed by atoms with Gasteiger partial charge in [0.05, 0.1) is 6.26 Å². The summed E-state index contributed by atoms with van der Waals surface area (Å²) in [6.07, 6.45) is 1.63. The van der Waals surface area contributed by atoms with Crippen molar-refractivity contribution in [1.29, 1.82) is 0 Å². The molecule has 2 heterocycles. The predicted molar refractivity (Wildman–Crippen MR) is 138 cm³/mol. The number of halogens is 2. The van der Waals surface area contributed by atoms with Crippen LogP contribution >= 0.6 is 11.6 Å². The standard InChI is InChI=1S/C28H31ClFN3O3/c1-18(2)28(35)33-19(3)15-32(16-22-23(29)6-4-7-24(22)30)17-25(33)27(34)31-14-20-9-11-21(12-10-20)26-8-5-13-36-26/h4-13,18-19,25H,14-17H2,1-3H3,(H,31,34). The molecule has 0 radical (unpaired) electrons. The lowest BCUT2D eigenvalue weighted by atomic mass is 10.0. The van der Waals surface area contributed by atoms with Crippen molar-refractivity contribution in [1.82, 2.24) is 15.1 Å². The highest BCUT2D eigenvalue weighted by molar-refractivity contribution is 6.31. The number of amides is 2. The summed E-state index contributed by atoms with van der Waals surface area (Å²) >= 11 is 6.25. The molecule has 3 aromatic rings. The Hall–Kier alpha value is -3.16. The van der Waals surface area contributed by atoms with Crippen LogP contribution in [0.2, 0.25) is 5.02 Å². The summed E-state index contributed by atoms with van der Waals surface area (Å²) in [6, 6.07) is 15.2. The van der Waals surface area contributed by atoms with E-state index in [0.717, 1.165) is 16.9 Å². The molecule has 1 fully saturated rings. The third-order valence-electron chi connectivity index (χ3n) is 6.49. The maximum Gasteiger partial charge on any atom is 0.244 e. The number of hydrogen-bond donors (Lipinski definition) is 1. The Morgan fingerprint density at radius 2 is 1.86 bits per heavy atom. The highest BCUT2D eigenvalue weighted by Crippen LogP contribution is 2.25. The van der Waals surface area contributed by atoms with E-state index < -0.39 is 6.04 Å². The van der Waals surface area contributed by atoms with E-state index in [9.17, 15) is 14.0 Å². The summed E-state index contributed by atoms with van der Waals surface area (Å²) < 4.78 is 19.9. The molecule has 0 aliphatic carbocycles. The summed E-state index contributed by atoms with van der Waals surface area (Å²) in [4.78, 5) is 30.1. The molecular weight excluding hydrogens is 481 g/mol. The van der Waals surface area contributed by atoms with Gasteiger partial charge in [-0.1, -0.05) is 55.8 Å². The summed E-state index contributed by atoms with van der Waals surface area (Å²) in [7, 11) is 0. The summed E-state index contributed by atoms with van der Waals surface area (Å²) in [6.45, 7) is 6.97. The van der Waals surface area contributed by atoms with Gasteiger partial charge in [0.2, 0.25) is 11.8 Å². The predicted octanol–water partition coefficient (Wildman–Crippen LogP) is 5.11. The number of hydrogen-bond acceptors (Lipinski definition) is 4. The van der Waals surface area contributed by atoms with Crippen LogP contribution in [-0.4, -0.2) is 46.8 Å². The quantitative estimate of drug-likeness (QED) is 0.478. The van der Waals surface area contributed by atoms with Gasteiger partial charge in [-0.25, -0.2) is 4.39 Å². The van der Waals surface area contributed by atoms with Crippen molar-refractivity contribution in [3.8, 4) is 11.3 Å². The molecule has 6 nitrogen and oxygen atoms in total. The Kier molecular flexibility index (Phi) is 8.11. The highest BCUT2D eigenvalue weighted by Gasteiger charge is 2.40. The lowest BCUT2D eigenvalue weighted by Crippen LogP contribution is -2.64. The van der Waals surface area contributed by atoms with E-state index >= 15 is 0 Å². The number of furan rings is 1. The molecule has 2 unspecified atom stereocenters. The molecule has 0 saturated carbocycles. The molecule has 2 aromatic carbocycles. The Balaban J connectivity index is 1.48. The molecule has 190 valence electrons. The maximum atomic E-state index is 14.4. The number of piperazine rings is 1. The van der Waals surface area contributed by atoms with Crippen LogP contribution in [0.1, 0.15) is 31.9 Å².